The van der Waals surface area contributed by atoms with Crippen LogP contribution in [0, 0.1) is 0 Å². The van der Waals surface area contributed by atoms with Crippen LogP contribution in [0.2, 0.25) is 0 Å². The fourth-order valence-corrected chi connectivity index (χ4v) is 1.19. The Morgan fingerprint density at radius 3 is 2.53 bits per heavy atom. The Labute approximate surface area is 95.8 Å². The van der Waals surface area contributed by atoms with E-state index in [1.165, 1.54) is 0 Å². The molecule has 86 valence electrons. The van der Waals surface area contributed by atoms with Gasteiger partial charge in [0.1, 0.15) is 0 Å². The van der Waals surface area contributed by atoms with Crippen molar-refractivity contribution in [2.24, 2.45) is 20.5 Å². The van der Waals surface area contributed by atoms with Gasteiger partial charge < -0.3 is 10.2 Å². The zero-order chi connectivity index (χ0) is 12.3. The molecule has 1 aromatic carbocycles. The van der Waals surface area contributed by atoms with Crippen molar-refractivity contribution in [3.8, 4) is 0 Å². The molecule has 0 radical (unpaired) electrons. The summed E-state index contributed by atoms with van der Waals surface area (Å²) >= 11 is 0. The van der Waals surface area contributed by atoms with Crippen LogP contribution in [-0.2, 0) is 4.79 Å². The Kier molecular flexibility index (Phi) is 2.65. The third-order valence-electron chi connectivity index (χ3n) is 2.02. The standard InChI is InChI=1S/C10H8N4O3/c15-8-6-10(9(16)17,14-12-8)13-11-7-4-2-1-3-5-7/h1-6,15H,(H,16,17). The number of carbonyl (C=O) groups is 1. The van der Waals surface area contributed by atoms with E-state index in [4.69, 9.17) is 10.2 Å². The van der Waals surface area contributed by atoms with Crippen molar-refractivity contribution in [3.63, 3.8) is 0 Å². The van der Waals surface area contributed by atoms with Crippen LogP contribution in [0.4, 0.5) is 5.69 Å². The molecule has 0 saturated heterocycles. The van der Waals surface area contributed by atoms with E-state index in [0.717, 1.165) is 6.08 Å². The molecule has 0 bridgehead atoms. The maximum atomic E-state index is 11.0. The monoisotopic (exact) mass is 232 g/mol. The van der Waals surface area contributed by atoms with Crippen LogP contribution in [0.1, 0.15) is 0 Å². The molecule has 0 fully saturated rings. The molecule has 7 heteroatoms. The van der Waals surface area contributed by atoms with Gasteiger partial charge in [0.25, 0.3) is 0 Å². The van der Waals surface area contributed by atoms with E-state index >= 15 is 0 Å². The number of azo groups is 2. The fourth-order valence-electron chi connectivity index (χ4n) is 1.19. The third-order valence-corrected chi connectivity index (χ3v) is 2.02. The lowest BCUT2D eigenvalue weighted by atomic mass is 10.2. The van der Waals surface area contributed by atoms with Crippen LogP contribution in [0.3, 0.4) is 0 Å². The summed E-state index contributed by atoms with van der Waals surface area (Å²) in [5.74, 6) is -1.84. The highest BCUT2D eigenvalue weighted by Crippen LogP contribution is 2.26. The molecule has 1 aliphatic heterocycles. The minimum atomic E-state index is -1.96. The van der Waals surface area contributed by atoms with Gasteiger partial charge in [0.2, 0.25) is 5.88 Å². The molecule has 0 spiro atoms. The number of carboxylic acids is 1. The highest BCUT2D eigenvalue weighted by Gasteiger charge is 2.41. The zero-order valence-corrected chi connectivity index (χ0v) is 8.56. The van der Waals surface area contributed by atoms with Crippen LogP contribution in [0.25, 0.3) is 0 Å². The molecular formula is C10H8N4O3. The van der Waals surface area contributed by atoms with Gasteiger partial charge >= 0.3 is 11.6 Å². The third kappa shape index (κ3) is 2.17. The summed E-state index contributed by atoms with van der Waals surface area (Å²) in [7, 11) is 0. The van der Waals surface area contributed by atoms with E-state index in [1.54, 1.807) is 30.3 Å². The molecule has 1 heterocycles. The quantitative estimate of drug-likeness (QED) is 0.781. The van der Waals surface area contributed by atoms with Crippen molar-refractivity contribution in [1.82, 2.24) is 0 Å². The first kappa shape index (κ1) is 10.9. The highest BCUT2D eigenvalue weighted by atomic mass is 16.4. The Morgan fingerprint density at radius 1 is 1.29 bits per heavy atom. The molecule has 7 nitrogen and oxygen atoms in total. The van der Waals surface area contributed by atoms with Crippen LogP contribution < -0.4 is 0 Å². The minimum absolute atomic E-state index is 0.487. The van der Waals surface area contributed by atoms with Crippen molar-refractivity contribution in [2.75, 3.05) is 0 Å². The topological polar surface area (TPSA) is 107 Å². The normalized spacial score (nSPS) is 22.9. The molecule has 1 aromatic rings. The molecular weight excluding hydrogens is 224 g/mol. The van der Waals surface area contributed by atoms with Gasteiger partial charge in [-0.05, 0) is 12.1 Å². The second kappa shape index (κ2) is 4.12. The van der Waals surface area contributed by atoms with E-state index < -0.39 is 17.5 Å². The molecule has 17 heavy (non-hydrogen) atoms. The van der Waals surface area contributed by atoms with Gasteiger partial charge in [0.15, 0.2) is 0 Å². The van der Waals surface area contributed by atoms with Crippen LogP contribution in [0.15, 0.2) is 62.7 Å². The lowest BCUT2D eigenvalue weighted by molar-refractivity contribution is -0.141. The first-order valence-electron chi connectivity index (χ1n) is 4.68. The molecule has 2 rings (SSSR count). The van der Waals surface area contributed by atoms with Gasteiger partial charge in [0.05, 0.1) is 5.69 Å². The Bertz CT molecular complexity index is 524. The summed E-state index contributed by atoms with van der Waals surface area (Å²) in [4.78, 5) is 11.0. The minimum Gasteiger partial charge on any atom is -0.492 e. The number of carboxylic acid groups (broad SMARTS) is 1. The van der Waals surface area contributed by atoms with Gasteiger partial charge in [-0.3, -0.25) is 0 Å². The highest BCUT2D eigenvalue weighted by molar-refractivity contribution is 5.81. The summed E-state index contributed by atoms with van der Waals surface area (Å²) in [6.07, 6.45) is 0.918. The van der Waals surface area contributed by atoms with Crippen molar-refractivity contribution < 1.29 is 15.0 Å². The zero-order valence-electron chi connectivity index (χ0n) is 8.56. The maximum Gasteiger partial charge on any atom is 0.362 e. The van der Waals surface area contributed by atoms with Gasteiger partial charge in [0, 0.05) is 6.08 Å². The number of aliphatic carboxylic acids is 1. The summed E-state index contributed by atoms with van der Waals surface area (Å²) in [6, 6.07) is 8.60. The van der Waals surface area contributed by atoms with E-state index in [-0.39, 0.29) is 0 Å². The SMILES string of the molecule is O=C(O)C1(N=Nc2ccccc2)C=C(O)N=N1. The first-order chi connectivity index (χ1) is 8.12. The average Bonchev–Trinajstić information content (AvgIpc) is 2.71. The van der Waals surface area contributed by atoms with Crippen molar-refractivity contribution in [1.29, 1.82) is 0 Å². The molecule has 2 N–H and O–H groups in total. The predicted molar refractivity (Wildman–Crippen MR) is 56.9 cm³/mol. The summed E-state index contributed by atoms with van der Waals surface area (Å²) in [6.45, 7) is 0. The number of hydrogen-bond donors (Lipinski definition) is 2. The van der Waals surface area contributed by atoms with Crippen LogP contribution in [-0.4, -0.2) is 21.8 Å². The molecule has 1 atom stereocenters. The number of nitrogens with zero attached hydrogens (tertiary/aromatic N) is 4. The van der Waals surface area contributed by atoms with Gasteiger partial charge in [-0.1, -0.05) is 18.2 Å². The number of rotatable bonds is 3. The predicted octanol–water partition coefficient (Wildman–Crippen LogP) is 2.42. The number of aliphatic hydroxyl groups is 1. The van der Waals surface area contributed by atoms with Crippen molar-refractivity contribution >= 4 is 11.7 Å². The van der Waals surface area contributed by atoms with Crippen molar-refractivity contribution in [2.45, 2.75) is 5.66 Å². The summed E-state index contributed by atoms with van der Waals surface area (Å²) in [5, 5.41) is 32.0. The first-order valence-corrected chi connectivity index (χ1v) is 4.68. The lowest BCUT2D eigenvalue weighted by Gasteiger charge is -2.08. The Balaban J connectivity index is 2.30. The van der Waals surface area contributed by atoms with E-state index in [2.05, 4.69) is 20.5 Å². The molecule has 0 aliphatic carbocycles. The van der Waals surface area contributed by atoms with Crippen molar-refractivity contribution in [3.05, 3.63) is 42.3 Å². The summed E-state index contributed by atoms with van der Waals surface area (Å²) in [5.41, 5.74) is -1.47. The number of benzene rings is 1. The largest absolute Gasteiger partial charge is 0.492 e. The van der Waals surface area contributed by atoms with E-state index in [9.17, 15) is 4.79 Å². The molecule has 0 saturated carbocycles. The van der Waals surface area contributed by atoms with Crippen LogP contribution in [0.5, 0.6) is 0 Å². The second-order valence-corrected chi connectivity index (χ2v) is 3.27. The average molecular weight is 232 g/mol. The maximum absolute atomic E-state index is 11.0. The van der Waals surface area contributed by atoms with E-state index in [0.29, 0.717) is 5.69 Å². The number of hydrogen-bond acceptors (Lipinski definition) is 6. The summed E-state index contributed by atoms with van der Waals surface area (Å²) < 4.78 is 0. The van der Waals surface area contributed by atoms with Gasteiger partial charge in [-0.2, -0.15) is 5.11 Å². The van der Waals surface area contributed by atoms with E-state index in [1.807, 2.05) is 0 Å². The Morgan fingerprint density at radius 2 is 2.00 bits per heavy atom. The second-order valence-electron chi connectivity index (χ2n) is 3.27. The fraction of sp³-hybridized carbons (Fsp3) is 0.100. The van der Waals surface area contributed by atoms with Gasteiger partial charge in [-0.25, -0.2) is 4.79 Å². The lowest BCUT2D eigenvalue weighted by Crippen LogP contribution is -2.30. The molecule has 0 aromatic heterocycles. The van der Waals surface area contributed by atoms with Gasteiger partial charge in [-0.15, -0.1) is 15.3 Å². The molecule has 1 aliphatic rings. The Hall–Kier alpha value is -2.57. The van der Waals surface area contributed by atoms with Crippen LogP contribution >= 0.6 is 0 Å². The smallest absolute Gasteiger partial charge is 0.362 e. The molecule has 1 unspecified atom stereocenters. The molecule has 0 amide bonds. The number of aliphatic hydroxyl groups excluding tert-OH is 1.